The van der Waals surface area contributed by atoms with Crippen molar-refractivity contribution in [2.45, 2.75) is 89.8 Å². The van der Waals surface area contributed by atoms with E-state index in [9.17, 15) is 19.8 Å². The van der Waals surface area contributed by atoms with E-state index in [1.807, 2.05) is 0 Å². The molecule has 0 spiro atoms. The smallest absolute Gasteiger partial charge is 0.303 e. The number of allylic oxidation sites excluding steroid dienone is 1. The number of carbonyl (C=O) groups is 2. The topological polar surface area (TPSA) is 94.8 Å². The summed E-state index contributed by atoms with van der Waals surface area (Å²) in [5, 5.41) is 28.7. The summed E-state index contributed by atoms with van der Waals surface area (Å²) in [6.45, 7) is 2.12. The highest BCUT2D eigenvalue weighted by molar-refractivity contribution is 5.85. The number of aliphatic hydroxyl groups excluding tert-OH is 2. The second kappa shape index (κ2) is 12.2. The molecule has 3 N–H and O–H groups in total. The van der Waals surface area contributed by atoms with Crippen LogP contribution >= 0.6 is 0 Å². The molecule has 1 rings (SSSR count). The molecule has 1 aliphatic rings. The van der Waals surface area contributed by atoms with Gasteiger partial charge in [0.05, 0.1) is 12.2 Å². The predicted octanol–water partition coefficient (Wildman–Crippen LogP) is 3.48. The molecular formula is C20H34O5. The lowest BCUT2D eigenvalue weighted by Crippen LogP contribution is -2.19. The van der Waals surface area contributed by atoms with Crippen LogP contribution < -0.4 is 0 Å². The average Bonchev–Trinajstić information content (AvgIpc) is 2.82. The van der Waals surface area contributed by atoms with E-state index < -0.39 is 18.2 Å². The minimum atomic E-state index is -0.764. The van der Waals surface area contributed by atoms with E-state index in [1.165, 1.54) is 0 Å². The van der Waals surface area contributed by atoms with E-state index >= 15 is 0 Å². The number of carboxylic acids is 1. The molecule has 0 radical (unpaired) electrons. The van der Waals surface area contributed by atoms with Crippen molar-refractivity contribution in [1.82, 2.24) is 0 Å². The van der Waals surface area contributed by atoms with E-state index in [1.54, 1.807) is 12.2 Å². The van der Waals surface area contributed by atoms with Crippen molar-refractivity contribution in [1.29, 1.82) is 0 Å². The molecule has 0 aliphatic heterocycles. The molecule has 1 saturated carbocycles. The Bertz CT molecular complexity index is 432. The highest BCUT2D eigenvalue weighted by atomic mass is 16.4. The number of rotatable bonds is 13. The summed E-state index contributed by atoms with van der Waals surface area (Å²) in [6, 6.07) is 0. The molecule has 0 aromatic heterocycles. The number of hydrogen-bond donors (Lipinski definition) is 3. The summed E-state index contributed by atoms with van der Waals surface area (Å²) in [7, 11) is 0. The molecule has 0 aromatic rings. The largest absolute Gasteiger partial charge is 0.481 e. The van der Waals surface area contributed by atoms with Crippen molar-refractivity contribution >= 4 is 11.8 Å². The van der Waals surface area contributed by atoms with Crippen LogP contribution in [0.3, 0.4) is 0 Å². The Kier molecular flexibility index (Phi) is 10.7. The number of hydrogen-bond acceptors (Lipinski definition) is 4. The van der Waals surface area contributed by atoms with Gasteiger partial charge in [-0.3, -0.25) is 9.59 Å². The summed E-state index contributed by atoms with van der Waals surface area (Å²) in [5.41, 5.74) is 0. The van der Waals surface area contributed by atoms with Crippen LogP contribution in [0.4, 0.5) is 0 Å². The standard InChI is InChI=1S/C20H34O5/c1-2-3-6-9-15(21)12-13-17-16(18(22)14-19(17)23)10-7-4-5-8-11-20(24)25/h12-13,15-18,21-22H,2-11,14H2,1H3,(H,24,25)/b13-12+/t15?,16?,17?,18-/m0/s1. The molecule has 0 bridgehead atoms. The highest BCUT2D eigenvalue weighted by Gasteiger charge is 2.39. The van der Waals surface area contributed by atoms with Crippen molar-refractivity contribution < 1.29 is 24.9 Å². The average molecular weight is 354 g/mol. The van der Waals surface area contributed by atoms with E-state index in [4.69, 9.17) is 5.11 Å². The van der Waals surface area contributed by atoms with Gasteiger partial charge in [0.1, 0.15) is 5.78 Å². The van der Waals surface area contributed by atoms with Crippen molar-refractivity contribution in [3.05, 3.63) is 12.2 Å². The van der Waals surface area contributed by atoms with Gasteiger partial charge in [0, 0.05) is 18.8 Å². The molecule has 144 valence electrons. The maximum absolute atomic E-state index is 12.1. The molecule has 0 saturated heterocycles. The van der Waals surface area contributed by atoms with Crippen molar-refractivity contribution in [2.24, 2.45) is 11.8 Å². The minimum Gasteiger partial charge on any atom is -0.481 e. The first-order chi connectivity index (χ1) is 12.0. The lowest BCUT2D eigenvalue weighted by molar-refractivity contribution is -0.137. The highest BCUT2D eigenvalue weighted by Crippen LogP contribution is 2.34. The van der Waals surface area contributed by atoms with Gasteiger partial charge >= 0.3 is 5.97 Å². The summed E-state index contributed by atoms with van der Waals surface area (Å²) >= 11 is 0. The Morgan fingerprint density at radius 2 is 1.92 bits per heavy atom. The third kappa shape index (κ3) is 8.63. The van der Waals surface area contributed by atoms with Crippen LogP contribution in [0, 0.1) is 11.8 Å². The Morgan fingerprint density at radius 3 is 2.60 bits per heavy atom. The second-order valence-corrected chi connectivity index (χ2v) is 7.22. The molecular weight excluding hydrogens is 320 g/mol. The third-order valence-electron chi connectivity index (χ3n) is 5.06. The lowest BCUT2D eigenvalue weighted by Gasteiger charge is -2.18. The van der Waals surface area contributed by atoms with Gasteiger partial charge in [0.15, 0.2) is 0 Å². The first kappa shape index (κ1) is 21.8. The van der Waals surface area contributed by atoms with E-state index in [0.29, 0.717) is 12.8 Å². The van der Waals surface area contributed by atoms with E-state index in [-0.39, 0.29) is 30.5 Å². The fourth-order valence-corrected chi connectivity index (χ4v) is 3.55. The molecule has 0 amide bonds. The van der Waals surface area contributed by atoms with Crippen LogP contribution in [0.2, 0.25) is 0 Å². The summed E-state index contributed by atoms with van der Waals surface area (Å²) in [4.78, 5) is 22.6. The Morgan fingerprint density at radius 1 is 1.20 bits per heavy atom. The van der Waals surface area contributed by atoms with Crippen molar-refractivity contribution in [3.8, 4) is 0 Å². The maximum atomic E-state index is 12.1. The maximum Gasteiger partial charge on any atom is 0.303 e. The SMILES string of the molecule is CCCCCC(O)/C=C/C1C(=O)C[C@H](O)C1CCCCCCC(=O)O. The molecule has 25 heavy (non-hydrogen) atoms. The number of Topliss-reactive ketones (excluding diaryl/α,β-unsaturated/α-hetero) is 1. The molecule has 1 aliphatic carbocycles. The van der Waals surface area contributed by atoms with Crippen LogP contribution in [0.15, 0.2) is 12.2 Å². The van der Waals surface area contributed by atoms with Gasteiger partial charge in [-0.1, -0.05) is 57.6 Å². The molecule has 3 unspecified atom stereocenters. The lowest BCUT2D eigenvalue weighted by atomic mass is 9.88. The zero-order valence-electron chi connectivity index (χ0n) is 15.4. The summed E-state index contributed by atoms with van der Waals surface area (Å²) < 4.78 is 0. The number of carboxylic acid groups (broad SMARTS) is 1. The summed E-state index contributed by atoms with van der Waals surface area (Å²) in [5.74, 6) is -1.08. The monoisotopic (exact) mass is 354 g/mol. The number of aliphatic carboxylic acids is 1. The predicted molar refractivity (Wildman–Crippen MR) is 97.2 cm³/mol. The molecule has 5 nitrogen and oxygen atoms in total. The number of ketones is 1. The van der Waals surface area contributed by atoms with Gasteiger partial charge in [0.25, 0.3) is 0 Å². The summed E-state index contributed by atoms with van der Waals surface area (Å²) in [6.07, 6.45) is 10.8. The molecule has 1 fully saturated rings. The van der Waals surface area contributed by atoms with Gasteiger partial charge in [-0.2, -0.15) is 0 Å². The molecule has 0 heterocycles. The number of unbranched alkanes of at least 4 members (excludes halogenated alkanes) is 5. The number of carbonyl (C=O) groups excluding carboxylic acids is 1. The fourth-order valence-electron chi connectivity index (χ4n) is 3.55. The first-order valence-corrected chi connectivity index (χ1v) is 9.74. The third-order valence-corrected chi connectivity index (χ3v) is 5.06. The van der Waals surface area contributed by atoms with Crippen LogP contribution in [0.25, 0.3) is 0 Å². The van der Waals surface area contributed by atoms with Gasteiger partial charge < -0.3 is 15.3 Å². The normalized spacial score (nSPS) is 24.9. The van der Waals surface area contributed by atoms with Crippen LogP contribution in [-0.4, -0.2) is 39.3 Å². The van der Waals surface area contributed by atoms with Gasteiger partial charge in [-0.15, -0.1) is 0 Å². The van der Waals surface area contributed by atoms with E-state index in [0.717, 1.165) is 44.9 Å². The quantitative estimate of drug-likeness (QED) is 0.348. The van der Waals surface area contributed by atoms with Crippen LogP contribution in [0.1, 0.15) is 77.6 Å². The Hall–Kier alpha value is -1.20. The van der Waals surface area contributed by atoms with Gasteiger partial charge in [0.2, 0.25) is 0 Å². The Labute approximate surface area is 151 Å². The van der Waals surface area contributed by atoms with Gasteiger partial charge in [-0.25, -0.2) is 0 Å². The molecule has 0 aromatic carbocycles. The molecule has 4 atom stereocenters. The molecule has 5 heteroatoms. The Balaban J connectivity index is 2.39. The van der Waals surface area contributed by atoms with Crippen LogP contribution in [-0.2, 0) is 9.59 Å². The number of aliphatic hydroxyl groups is 2. The first-order valence-electron chi connectivity index (χ1n) is 9.74. The fraction of sp³-hybridized carbons (Fsp3) is 0.800. The van der Waals surface area contributed by atoms with Gasteiger partial charge in [-0.05, 0) is 25.2 Å². The zero-order valence-corrected chi connectivity index (χ0v) is 15.4. The van der Waals surface area contributed by atoms with Crippen LogP contribution in [0.5, 0.6) is 0 Å². The van der Waals surface area contributed by atoms with E-state index in [2.05, 4.69) is 6.92 Å². The van der Waals surface area contributed by atoms with Crippen molar-refractivity contribution in [3.63, 3.8) is 0 Å². The minimum absolute atomic E-state index is 0.0559. The van der Waals surface area contributed by atoms with Crippen molar-refractivity contribution in [2.75, 3.05) is 0 Å². The second-order valence-electron chi connectivity index (χ2n) is 7.22. The zero-order chi connectivity index (χ0) is 18.7.